The molecule has 0 bridgehead atoms. The van der Waals surface area contributed by atoms with Gasteiger partial charge in [-0.25, -0.2) is 4.79 Å². The van der Waals surface area contributed by atoms with Gasteiger partial charge in [-0.05, 0) is 31.4 Å². The normalized spacial score (nSPS) is 12.0. The molecule has 154 valence electrons. The van der Waals surface area contributed by atoms with Crippen molar-refractivity contribution in [3.63, 3.8) is 0 Å². The largest absolute Gasteiger partial charge is 0.496 e. The van der Waals surface area contributed by atoms with Crippen LogP contribution in [0.4, 0.5) is 0 Å². The summed E-state index contributed by atoms with van der Waals surface area (Å²) in [6.07, 6.45) is 16.2. The SMILES string of the molecule is CCCCCCCCCCCCC(CCC)OC(=O)c1ccccc1OC. The molecule has 0 aliphatic rings. The second-order valence-electron chi connectivity index (χ2n) is 7.49. The number of unbranched alkanes of at least 4 members (excludes halogenated alkanes) is 9. The Hall–Kier alpha value is -1.51. The first-order valence-corrected chi connectivity index (χ1v) is 11.1. The lowest BCUT2D eigenvalue weighted by molar-refractivity contribution is 0.0250. The van der Waals surface area contributed by atoms with Crippen molar-refractivity contribution in [2.45, 2.75) is 103 Å². The van der Waals surface area contributed by atoms with Crippen LogP contribution in [0.25, 0.3) is 0 Å². The average Bonchev–Trinajstić information content (AvgIpc) is 2.69. The first-order chi connectivity index (χ1) is 13.2. The zero-order valence-corrected chi connectivity index (χ0v) is 17.8. The van der Waals surface area contributed by atoms with Gasteiger partial charge in [-0.2, -0.15) is 0 Å². The predicted octanol–water partition coefficient (Wildman–Crippen LogP) is 7.33. The highest BCUT2D eigenvalue weighted by molar-refractivity contribution is 5.92. The Balaban J connectivity index is 2.24. The number of hydrogen-bond acceptors (Lipinski definition) is 3. The summed E-state index contributed by atoms with van der Waals surface area (Å²) in [6, 6.07) is 7.28. The third kappa shape index (κ3) is 10.4. The molecular weight excluding hydrogens is 336 g/mol. The fourth-order valence-corrected chi connectivity index (χ4v) is 3.47. The van der Waals surface area contributed by atoms with Gasteiger partial charge >= 0.3 is 5.97 Å². The second-order valence-corrected chi connectivity index (χ2v) is 7.49. The van der Waals surface area contributed by atoms with E-state index in [1.165, 1.54) is 57.8 Å². The van der Waals surface area contributed by atoms with Crippen molar-refractivity contribution < 1.29 is 14.3 Å². The number of hydrogen-bond donors (Lipinski definition) is 0. The minimum Gasteiger partial charge on any atom is -0.496 e. The zero-order chi connectivity index (χ0) is 19.7. The molecule has 27 heavy (non-hydrogen) atoms. The van der Waals surface area contributed by atoms with Crippen molar-refractivity contribution >= 4 is 5.97 Å². The van der Waals surface area contributed by atoms with E-state index in [-0.39, 0.29) is 12.1 Å². The summed E-state index contributed by atoms with van der Waals surface area (Å²) in [4.78, 5) is 12.5. The van der Waals surface area contributed by atoms with Crippen molar-refractivity contribution in [1.82, 2.24) is 0 Å². The Morgan fingerprint density at radius 3 is 2.00 bits per heavy atom. The van der Waals surface area contributed by atoms with E-state index in [2.05, 4.69) is 13.8 Å². The number of ether oxygens (including phenoxy) is 2. The molecule has 0 aliphatic carbocycles. The molecule has 0 fully saturated rings. The Bertz CT molecular complexity index is 498. The molecular formula is C24H40O3. The molecule has 0 N–H and O–H groups in total. The fourth-order valence-electron chi connectivity index (χ4n) is 3.47. The highest BCUT2D eigenvalue weighted by atomic mass is 16.5. The first-order valence-electron chi connectivity index (χ1n) is 11.1. The summed E-state index contributed by atoms with van der Waals surface area (Å²) >= 11 is 0. The van der Waals surface area contributed by atoms with Gasteiger partial charge in [0, 0.05) is 0 Å². The third-order valence-corrected chi connectivity index (χ3v) is 5.09. The van der Waals surface area contributed by atoms with Gasteiger partial charge in [0.1, 0.15) is 17.4 Å². The summed E-state index contributed by atoms with van der Waals surface area (Å²) < 4.78 is 11.1. The van der Waals surface area contributed by atoms with Crippen LogP contribution in [0.2, 0.25) is 0 Å². The van der Waals surface area contributed by atoms with Gasteiger partial charge in [-0.3, -0.25) is 0 Å². The van der Waals surface area contributed by atoms with E-state index in [9.17, 15) is 4.79 Å². The van der Waals surface area contributed by atoms with E-state index >= 15 is 0 Å². The number of rotatable bonds is 16. The third-order valence-electron chi connectivity index (χ3n) is 5.09. The predicted molar refractivity (Wildman–Crippen MR) is 114 cm³/mol. The Morgan fingerprint density at radius 1 is 0.815 bits per heavy atom. The molecule has 3 nitrogen and oxygen atoms in total. The van der Waals surface area contributed by atoms with E-state index < -0.39 is 0 Å². The molecule has 1 aromatic rings. The van der Waals surface area contributed by atoms with Gasteiger partial charge in [0.2, 0.25) is 0 Å². The van der Waals surface area contributed by atoms with Crippen LogP contribution in [-0.4, -0.2) is 19.2 Å². The standard InChI is InChI=1S/C24H40O3/c1-4-6-7-8-9-10-11-12-13-14-18-21(17-5-2)27-24(25)22-19-15-16-20-23(22)26-3/h15-16,19-21H,4-14,17-18H2,1-3H3. The minimum atomic E-state index is -0.266. The van der Waals surface area contributed by atoms with Gasteiger partial charge in [-0.15, -0.1) is 0 Å². The maximum Gasteiger partial charge on any atom is 0.342 e. The van der Waals surface area contributed by atoms with Crippen molar-refractivity contribution in [2.24, 2.45) is 0 Å². The molecule has 0 heterocycles. The molecule has 0 saturated carbocycles. The molecule has 1 atom stereocenters. The van der Waals surface area contributed by atoms with Crippen LogP contribution in [0.15, 0.2) is 24.3 Å². The van der Waals surface area contributed by atoms with Crippen LogP contribution in [0.5, 0.6) is 5.75 Å². The molecule has 1 unspecified atom stereocenters. The van der Waals surface area contributed by atoms with E-state index in [0.717, 1.165) is 25.7 Å². The molecule has 0 spiro atoms. The van der Waals surface area contributed by atoms with Crippen LogP contribution >= 0.6 is 0 Å². The quantitative estimate of drug-likeness (QED) is 0.224. The molecule has 3 heteroatoms. The zero-order valence-electron chi connectivity index (χ0n) is 17.8. The van der Waals surface area contributed by atoms with E-state index in [1.54, 1.807) is 19.2 Å². The second kappa shape index (κ2) is 15.5. The van der Waals surface area contributed by atoms with Gasteiger partial charge in [0.25, 0.3) is 0 Å². The molecule has 1 rings (SSSR count). The van der Waals surface area contributed by atoms with Gasteiger partial charge in [0.15, 0.2) is 0 Å². The monoisotopic (exact) mass is 376 g/mol. The lowest BCUT2D eigenvalue weighted by atomic mass is 10.0. The van der Waals surface area contributed by atoms with Gasteiger partial charge in [0.05, 0.1) is 7.11 Å². The number of benzene rings is 1. The molecule has 1 aromatic carbocycles. The topological polar surface area (TPSA) is 35.5 Å². The summed E-state index contributed by atoms with van der Waals surface area (Å²) in [7, 11) is 1.58. The summed E-state index contributed by atoms with van der Waals surface area (Å²) in [6.45, 7) is 4.40. The lowest BCUT2D eigenvalue weighted by Gasteiger charge is -2.18. The van der Waals surface area contributed by atoms with Crippen LogP contribution < -0.4 is 4.74 Å². The smallest absolute Gasteiger partial charge is 0.342 e. The van der Waals surface area contributed by atoms with E-state index in [1.807, 2.05) is 12.1 Å². The number of carbonyl (C=O) groups excluding carboxylic acids is 1. The lowest BCUT2D eigenvalue weighted by Crippen LogP contribution is -2.18. The minimum absolute atomic E-state index is 0.0152. The Labute approximate surface area is 166 Å². The summed E-state index contributed by atoms with van der Waals surface area (Å²) in [5.41, 5.74) is 0.518. The average molecular weight is 377 g/mol. The van der Waals surface area contributed by atoms with Crippen molar-refractivity contribution in [2.75, 3.05) is 7.11 Å². The molecule has 0 aliphatic heterocycles. The molecule has 0 radical (unpaired) electrons. The van der Waals surface area contributed by atoms with Crippen LogP contribution in [-0.2, 0) is 4.74 Å². The number of carbonyl (C=O) groups is 1. The number of esters is 1. The maximum atomic E-state index is 12.5. The van der Waals surface area contributed by atoms with E-state index in [4.69, 9.17) is 9.47 Å². The van der Waals surface area contributed by atoms with Crippen LogP contribution in [0.1, 0.15) is 108 Å². The maximum absolute atomic E-state index is 12.5. The highest BCUT2D eigenvalue weighted by Gasteiger charge is 2.18. The van der Waals surface area contributed by atoms with Crippen LogP contribution in [0, 0.1) is 0 Å². The summed E-state index contributed by atoms with van der Waals surface area (Å²) in [5, 5.41) is 0. The number of methoxy groups -OCH3 is 1. The van der Waals surface area contributed by atoms with Crippen LogP contribution in [0.3, 0.4) is 0 Å². The summed E-state index contributed by atoms with van der Waals surface area (Å²) in [5.74, 6) is 0.315. The van der Waals surface area contributed by atoms with Crippen molar-refractivity contribution in [1.29, 1.82) is 0 Å². The Morgan fingerprint density at radius 2 is 1.41 bits per heavy atom. The van der Waals surface area contributed by atoms with Crippen molar-refractivity contribution in [3.8, 4) is 5.75 Å². The Kier molecular flexibility index (Phi) is 13.5. The van der Waals surface area contributed by atoms with E-state index in [0.29, 0.717) is 11.3 Å². The molecule has 0 saturated heterocycles. The van der Waals surface area contributed by atoms with Gasteiger partial charge < -0.3 is 9.47 Å². The van der Waals surface area contributed by atoms with Gasteiger partial charge in [-0.1, -0.05) is 90.2 Å². The van der Waals surface area contributed by atoms with Crippen molar-refractivity contribution in [3.05, 3.63) is 29.8 Å². The highest BCUT2D eigenvalue weighted by Crippen LogP contribution is 2.21. The molecule has 0 amide bonds. The molecule has 0 aromatic heterocycles. The first kappa shape index (κ1) is 23.5. The fraction of sp³-hybridized carbons (Fsp3) is 0.708. The number of para-hydroxylation sites is 1.